The zero-order chi connectivity index (χ0) is 6.06. The molecular formula is C9H14. The van der Waals surface area contributed by atoms with E-state index in [-0.39, 0.29) is 0 Å². The van der Waals surface area contributed by atoms with Crippen LogP contribution < -0.4 is 0 Å². The molecule has 3 fully saturated rings. The Bertz CT molecular complexity index is 157. The molecule has 0 aliphatic heterocycles. The minimum Gasteiger partial charge on any atom is -0.0622 e. The van der Waals surface area contributed by atoms with Gasteiger partial charge >= 0.3 is 0 Å². The van der Waals surface area contributed by atoms with E-state index in [9.17, 15) is 0 Å². The van der Waals surface area contributed by atoms with Gasteiger partial charge in [-0.15, -0.1) is 0 Å². The van der Waals surface area contributed by atoms with Crippen LogP contribution in [-0.4, -0.2) is 0 Å². The van der Waals surface area contributed by atoms with E-state index in [0.29, 0.717) is 0 Å². The van der Waals surface area contributed by atoms with E-state index in [1.165, 1.54) is 11.8 Å². The number of hydrogen-bond donors (Lipinski definition) is 0. The van der Waals surface area contributed by atoms with Crippen molar-refractivity contribution in [1.29, 1.82) is 0 Å². The molecule has 0 heterocycles. The van der Waals surface area contributed by atoms with E-state index in [2.05, 4.69) is 6.92 Å². The van der Waals surface area contributed by atoms with Gasteiger partial charge in [-0.05, 0) is 48.9 Å². The lowest BCUT2D eigenvalue weighted by molar-refractivity contribution is 0.244. The molecule has 0 heteroatoms. The largest absolute Gasteiger partial charge is 0.0622 e. The van der Waals surface area contributed by atoms with Crippen LogP contribution in [0.5, 0.6) is 0 Å². The number of rotatable bonds is 1. The summed E-state index contributed by atoms with van der Waals surface area (Å²) in [7, 11) is 0. The van der Waals surface area contributed by atoms with E-state index in [1.54, 1.807) is 25.7 Å². The maximum absolute atomic E-state index is 2.42. The Morgan fingerprint density at radius 2 is 2.22 bits per heavy atom. The molecule has 50 valence electrons. The summed E-state index contributed by atoms with van der Waals surface area (Å²) in [6.45, 7) is 2.42. The predicted octanol–water partition coefficient (Wildman–Crippen LogP) is 2.44. The maximum Gasteiger partial charge on any atom is -0.0235 e. The standard InChI is InChI=1S/C9H14/c1-6-4-8(6)9-3-2-7(9)5-9/h6-8H,2-5H2,1H3. The van der Waals surface area contributed by atoms with Crippen molar-refractivity contribution in [3.63, 3.8) is 0 Å². The topological polar surface area (TPSA) is 0 Å². The van der Waals surface area contributed by atoms with Gasteiger partial charge in [0.15, 0.2) is 0 Å². The molecular weight excluding hydrogens is 108 g/mol. The quantitative estimate of drug-likeness (QED) is 0.501. The Balaban J connectivity index is 1.81. The van der Waals surface area contributed by atoms with Crippen molar-refractivity contribution in [2.45, 2.75) is 32.6 Å². The number of fused-ring (bicyclic) bond motifs is 1. The molecule has 0 nitrogen and oxygen atoms in total. The fraction of sp³-hybridized carbons (Fsp3) is 1.00. The van der Waals surface area contributed by atoms with Crippen LogP contribution in [0.3, 0.4) is 0 Å². The zero-order valence-corrected chi connectivity index (χ0v) is 6.06. The number of hydrogen-bond acceptors (Lipinski definition) is 0. The summed E-state index contributed by atoms with van der Waals surface area (Å²) in [5.41, 5.74) is 0.972. The second kappa shape index (κ2) is 1.09. The molecule has 0 saturated heterocycles. The summed E-state index contributed by atoms with van der Waals surface area (Å²) >= 11 is 0. The molecule has 0 aromatic rings. The normalized spacial score (nSPS) is 68.3. The third-order valence-corrected chi connectivity index (χ3v) is 4.09. The Morgan fingerprint density at radius 3 is 2.33 bits per heavy atom. The maximum atomic E-state index is 2.42. The lowest BCUT2D eigenvalue weighted by Gasteiger charge is -2.25. The van der Waals surface area contributed by atoms with Crippen LogP contribution in [0.2, 0.25) is 0 Å². The molecule has 3 aliphatic carbocycles. The highest BCUT2D eigenvalue weighted by Crippen LogP contribution is 2.77. The van der Waals surface area contributed by atoms with Gasteiger partial charge in [0.2, 0.25) is 0 Å². The first-order valence-corrected chi connectivity index (χ1v) is 4.33. The van der Waals surface area contributed by atoms with Gasteiger partial charge in [-0.1, -0.05) is 6.92 Å². The molecule has 0 spiro atoms. The van der Waals surface area contributed by atoms with Crippen LogP contribution in [0.1, 0.15) is 32.6 Å². The first-order chi connectivity index (χ1) is 4.33. The molecule has 4 atom stereocenters. The third kappa shape index (κ3) is 0.395. The van der Waals surface area contributed by atoms with Gasteiger partial charge in [0.25, 0.3) is 0 Å². The average molecular weight is 122 g/mol. The molecule has 3 rings (SSSR count). The summed E-state index contributed by atoms with van der Waals surface area (Å²) in [5, 5.41) is 0. The van der Waals surface area contributed by atoms with Gasteiger partial charge in [0.05, 0.1) is 0 Å². The van der Waals surface area contributed by atoms with Crippen LogP contribution in [0.4, 0.5) is 0 Å². The average Bonchev–Trinajstić information content (AvgIpc) is 2.56. The summed E-state index contributed by atoms with van der Waals surface area (Å²) in [5.74, 6) is 3.51. The van der Waals surface area contributed by atoms with Crippen molar-refractivity contribution in [2.24, 2.45) is 23.2 Å². The molecule has 0 aromatic carbocycles. The van der Waals surface area contributed by atoms with Gasteiger partial charge in [-0.25, -0.2) is 0 Å². The molecule has 0 N–H and O–H groups in total. The Kier molecular flexibility index (Phi) is 0.574. The highest BCUT2D eigenvalue weighted by atomic mass is 14.7. The molecule has 3 aliphatic rings. The minimum absolute atomic E-state index is 0.972. The summed E-state index contributed by atoms with van der Waals surface area (Å²) in [6.07, 6.45) is 6.34. The highest BCUT2D eigenvalue weighted by molar-refractivity contribution is 5.18. The van der Waals surface area contributed by atoms with Gasteiger partial charge < -0.3 is 0 Å². The van der Waals surface area contributed by atoms with E-state index in [4.69, 9.17) is 0 Å². The van der Waals surface area contributed by atoms with Crippen LogP contribution >= 0.6 is 0 Å². The van der Waals surface area contributed by atoms with Gasteiger partial charge in [0, 0.05) is 0 Å². The third-order valence-electron chi connectivity index (χ3n) is 4.09. The van der Waals surface area contributed by atoms with Gasteiger partial charge in [-0.3, -0.25) is 0 Å². The smallest absolute Gasteiger partial charge is 0.0235 e. The van der Waals surface area contributed by atoms with E-state index in [1.807, 2.05) is 0 Å². The summed E-state index contributed by atoms with van der Waals surface area (Å²) < 4.78 is 0. The minimum atomic E-state index is 0.972. The first kappa shape index (κ1) is 4.76. The Morgan fingerprint density at radius 1 is 1.44 bits per heavy atom. The van der Waals surface area contributed by atoms with Crippen molar-refractivity contribution in [3.8, 4) is 0 Å². The lowest BCUT2D eigenvalue weighted by atomic mass is 9.80. The zero-order valence-electron chi connectivity index (χ0n) is 6.06. The molecule has 0 bridgehead atoms. The van der Waals surface area contributed by atoms with Crippen LogP contribution in [-0.2, 0) is 0 Å². The molecule has 0 aromatic heterocycles. The molecule has 0 radical (unpaired) electrons. The van der Waals surface area contributed by atoms with E-state index >= 15 is 0 Å². The van der Waals surface area contributed by atoms with E-state index < -0.39 is 0 Å². The van der Waals surface area contributed by atoms with Gasteiger partial charge in [0.1, 0.15) is 0 Å². The van der Waals surface area contributed by atoms with Crippen LogP contribution in [0.25, 0.3) is 0 Å². The van der Waals surface area contributed by atoms with Crippen molar-refractivity contribution in [2.75, 3.05) is 0 Å². The van der Waals surface area contributed by atoms with E-state index in [0.717, 1.165) is 11.3 Å². The van der Waals surface area contributed by atoms with Crippen molar-refractivity contribution in [3.05, 3.63) is 0 Å². The lowest BCUT2D eigenvalue weighted by Crippen LogP contribution is -2.17. The second-order valence-corrected chi connectivity index (χ2v) is 4.49. The SMILES string of the molecule is CC1CC1C12CCC1C2. The summed E-state index contributed by atoms with van der Waals surface area (Å²) in [4.78, 5) is 0. The van der Waals surface area contributed by atoms with Gasteiger partial charge in [-0.2, -0.15) is 0 Å². The fourth-order valence-electron chi connectivity index (χ4n) is 3.09. The first-order valence-electron chi connectivity index (χ1n) is 4.33. The summed E-state index contributed by atoms with van der Waals surface area (Å²) in [6, 6.07) is 0. The van der Waals surface area contributed by atoms with Crippen molar-refractivity contribution in [1.82, 2.24) is 0 Å². The van der Waals surface area contributed by atoms with Crippen LogP contribution in [0, 0.1) is 23.2 Å². The monoisotopic (exact) mass is 122 g/mol. The molecule has 4 unspecified atom stereocenters. The Hall–Kier alpha value is 0. The Labute approximate surface area is 56.6 Å². The van der Waals surface area contributed by atoms with Crippen molar-refractivity contribution >= 4 is 0 Å². The van der Waals surface area contributed by atoms with Crippen LogP contribution in [0.15, 0.2) is 0 Å². The molecule has 0 amide bonds. The molecule has 9 heavy (non-hydrogen) atoms. The second-order valence-electron chi connectivity index (χ2n) is 4.49. The molecule has 3 saturated carbocycles. The van der Waals surface area contributed by atoms with Crippen molar-refractivity contribution < 1.29 is 0 Å². The predicted molar refractivity (Wildman–Crippen MR) is 37.0 cm³/mol. The highest BCUT2D eigenvalue weighted by Gasteiger charge is 2.68. The fourth-order valence-corrected chi connectivity index (χ4v) is 3.09.